The molecule has 0 radical (unpaired) electrons. The maximum absolute atomic E-state index is 5.63. The molecular formula is C50H36N4. The molecule has 4 aromatic heterocycles. The van der Waals surface area contributed by atoms with Gasteiger partial charge in [0.15, 0.2) is 0 Å². The third kappa shape index (κ3) is 4.28. The predicted octanol–water partition coefficient (Wildman–Crippen LogP) is 12.9. The Balaban J connectivity index is 1.25. The van der Waals surface area contributed by atoms with Crippen LogP contribution in [-0.2, 0) is 6.42 Å². The zero-order valence-corrected chi connectivity index (χ0v) is 30.2. The van der Waals surface area contributed by atoms with E-state index in [2.05, 4.69) is 197 Å². The molecule has 0 saturated carbocycles. The molecule has 54 heavy (non-hydrogen) atoms. The smallest absolute Gasteiger partial charge is 0.140 e. The van der Waals surface area contributed by atoms with E-state index in [4.69, 9.17) is 4.98 Å². The van der Waals surface area contributed by atoms with Gasteiger partial charge in [-0.15, -0.1) is 0 Å². The summed E-state index contributed by atoms with van der Waals surface area (Å²) in [5, 5.41) is 7.35. The van der Waals surface area contributed by atoms with Crippen molar-refractivity contribution in [1.82, 2.24) is 18.7 Å². The van der Waals surface area contributed by atoms with Crippen molar-refractivity contribution < 1.29 is 0 Å². The lowest BCUT2D eigenvalue weighted by molar-refractivity contribution is 1.00. The number of fused-ring (bicyclic) bond motifs is 10. The zero-order valence-electron chi connectivity index (χ0n) is 30.2. The maximum Gasteiger partial charge on any atom is 0.140 e. The second-order valence-corrected chi connectivity index (χ2v) is 14.3. The highest BCUT2D eigenvalue weighted by Gasteiger charge is 2.23. The molecule has 11 rings (SSSR count). The van der Waals surface area contributed by atoms with Crippen molar-refractivity contribution in [1.29, 1.82) is 0 Å². The lowest BCUT2D eigenvalue weighted by atomic mass is 9.93. The SMILES string of the molecule is CCc1c(-c2ccccc2C)ccc2c3ccccc3n(-c3cccc(-n4c5ccccc5c5ccc6c7ccccc7n(-c7ccccc7)c6c54)n3)c12. The topological polar surface area (TPSA) is 27.7 Å². The van der Waals surface area contributed by atoms with Gasteiger partial charge in [-0.2, -0.15) is 0 Å². The normalized spacial score (nSPS) is 12.0. The quantitative estimate of drug-likeness (QED) is 0.176. The number of hydrogen-bond acceptors (Lipinski definition) is 1. The van der Waals surface area contributed by atoms with Crippen molar-refractivity contribution in [2.45, 2.75) is 20.3 Å². The largest absolute Gasteiger partial charge is 0.307 e. The number of rotatable bonds is 5. The first-order valence-electron chi connectivity index (χ1n) is 18.8. The fraction of sp³-hybridized carbons (Fsp3) is 0.0600. The minimum Gasteiger partial charge on any atom is -0.307 e. The molecule has 0 saturated heterocycles. The average Bonchev–Trinajstić information content (AvgIpc) is 3.87. The number of nitrogens with zero attached hydrogens (tertiary/aromatic N) is 4. The summed E-state index contributed by atoms with van der Waals surface area (Å²) < 4.78 is 7.22. The van der Waals surface area contributed by atoms with Gasteiger partial charge >= 0.3 is 0 Å². The first kappa shape index (κ1) is 30.7. The van der Waals surface area contributed by atoms with E-state index in [0.29, 0.717) is 0 Å². The molecule has 0 amide bonds. The van der Waals surface area contributed by atoms with Gasteiger partial charge in [0.05, 0.1) is 33.1 Å². The molecular weight excluding hydrogens is 657 g/mol. The highest BCUT2D eigenvalue weighted by Crippen LogP contribution is 2.43. The molecule has 0 N–H and O–H groups in total. The Morgan fingerprint density at radius 3 is 1.48 bits per heavy atom. The van der Waals surface area contributed by atoms with E-state index >= 15 is 0 Å². The lowest BCUT2D eigenvalue weighted by Gasteiger charge is -2.16. The van der Waals surface area contributed by atoms with Crippen LogP contribution in [0.4, 0.5) is 0 Å². The Bertz CT molecular complexity index is 3270. The predicted molar refractivity (Wildman–Crippen MR) is 227 cm³/mol. The summed E-state index contributed by atoms with van der Waals surface area (Å²) in [4.78, 5) is 5.63. The molecule has 11 aromatic rings. The molecule has 0 unspecified atom stereocenters. The minimum atomic E-state index is 0.884. The van der Waals surface area contributed by atoms with Crippen LogP contribution in [0.1, 0.15) is 18.1 Å². The number of aryl methyl sites for hydroxylation is 2. The summed E-state index contributed by atoms with van der Waals surface area (Å²) in [6, 6.07) is 61.5. The molecule has 4 heteroatoms. The van der Waals surface area contributed by atoms with Crippen LogP contribution in [0.5, 0.6) is 0 Å². The van der Waals surface area contributed by atoms with Crippen LogP contribution in [0.15, 0.2) is 170 Å². The van der Waals surface area contributed by atoms with E-state index in [1.54, 1.807) is 0 Å². The van der Waals surface area contributed by atoms with Gasteiger partial charge in [-0.3, -0.25) is 9.13 Å². The van der Waals surface area contributed by atoms with Crippen molar-refractivity contribution in [2.75, 3.05) is 0 Å². The van der Waals surface area contributed by atoms with Crippen molar-refractivity contribution >= 4 is 65.4 Å². The molecule has 0 aliphatic rings. The molecule has 256 valence electrons. The monoisotopic (exact) mass is 692 g/mol. The molecule has 0 spiro atoms. The van der Waals surface area contributed by atoms with Crippen LogP contribution in [0.3, 0.4) is 0 Å². The van der Waals surface area contributed by atoms with E-state index < -0.39 is 0 Å². The standard InChI is InChI=1S/C50H36N4/c1-3-34-36(35-19-8-7-16-32(35)2)28-29-40-37-20-10-13-24-44(37)53(48(34)40)46-26-15-27-47(51-46)54-45-25-14-11-22-39(45)42-31-30-41-38-21-9-12-23-43(38)52(49(41)50(42)54)33-17-5-4-6-18-33/h4-31H,3H2,1-2H3. The maximum atomic E-state index is 5.63. The second-order valence-electron chi connectivity index (χ2n) is 14.3. The van der Waals surface area contributed by atoms with Gasteiger partial charge in [0, 0.05) is 38.0 Å². The van der Waals surface area contributed by atoms with Crippen LogP contribution in [0.2, 0.25) is 0 Å². The highest BCUT2D eigenvalue weighted by molar-refractivity contribution is 6.23. The summed E-state index contributed by atoms with van der Waals surface area (Å²) in [5.74, 6) is 1.78. The first-order valence-corrected chi connectivity index (χ1v) is 18.8. The van der Waals surface area contributed by atoms with Gasteiger partial charge < -0.3 is 4.57 Å². The van der Waals surface area contributed by atoms with E-state index in [1.165, 1.54) is 71.1 Å². The number of hydrogen-bond donors (Lipinski definition) is 0. The molecule has 0 bridgehead atoms. The number of pyridine rings is 1. The summed E-state index contributed by atoms with van der Waals surface area (Å²) in [5.41, 5.74) is 13.3. The minimum absolute atomic E-state index is 0.884. The summed E-state index contributed by atoms with van der Waals surface area (Å²) >= 11 is 0. The fourth-order valence-corrected chi connectivity index (χ4v) is 9.09. The van der Waals surface area contributed by atoms with Crippen molar-refractivity contribution in [2.24, 2.45) is 0 Å². The Hall–Kier alpha value is -6.91. The molecule has 0 atom stereocenters. The summed E-state index contributed by atoms with van der Waals surface area (Å²) in [6.45, 7) is 4.48. The molecule has 0 aliphatic heterocycles. The number of aromatic nitrogens is 4. The van der Waals surface area contributed by atoms with Gasteiger partial charge in [0.25, 0.3) is 0 Å². The second kappa shape index (κ2) is 11.8. The van der Waals surface area contributed by atoms with E-state index in [-0.39, 0.29) is 0 Å². The Morgan fingerprint density at radius 1 is 0.389 bits per heavy atom. The zero-order chi connectivity index (χ0) is 35.9. The van der Waals surface area contributed by atoms with Crippen molar-refractivity contribution in [3.63, 3.8) is 0 Å². The summed E-state index contributed by atoms with van der Waals surface area (Å²) in [7, 11) is 0. The number of para-hydroxylation sites is 4. The van der Waals surface area contributed by atoms with E-state index in [0.717, 1.165) is 40.3 Å². The molecule has 4 nitrogen and oxygen atoms in total. The first-order chi connectivity index (χ1) is 26.7. The molecule has 0 fully saturated rings. The lowest BCUT2D eigenvalue weighted by Crippen LogP contribution is -2.05. The Labute approximate surface area is 312 Å². The van der Waals surface area contributed by atoms with Crippen LogP contribution >= 0.6 is 0 Å². The van der Waals surface area contributed by atoms with E-state index in [1.807, 2.05) is 0 Å². The molecule has 0 aliphatic carbocycles. The van der Waals surface area contributed by atoms with Gasteiger partial charge in [0.2, 0.25) is 0 Å². The Morgan fingerprint density at radius 2 is 0.870 bits per heavy atom. The molecule has 4 heterocycles. The van der Waals surface area contributed by atoms with Crippen molar-refractivity contribution in [3.05, 3.63) is 181 Å². The Kier molecular flexibility index (Phi) is 6.71. The van der Waals surface area contributed by atoms with Crippen molar-refractivity contribution in [3.8, 4) is 28.5 Å². The summed E-state index contributed by atoms with van der Waals surface area (Å²) in [6.07, 6.45) is 0.895. The van der Waals surface area contributed by atoms with Gasteiger partial charge in [-0.1, -0.05) is 134 Å². The van der Waals surface area contributed by atoms with Gasteiger partial charge in [-0.25, -0.2) is 4.98 Å². The average molecular weight is 693 g/mol. The van der Waals surface area contributed by atoms with Gasteiger partial charge in [-0.05, 0) is 78.1 Å². The van der Waals surface area contributed by atoms with Crippen LogP contribution in [0.25, 0.3) is 93.9 Å². The third-order valence-electron chi connectivity index (χ3n) is 11.4. The number of benzene rings is 7. The third-order valence-corrected chi connectivity index (χ3v) is 11.4. The van der Waals surface area contributed by atoms with Crippen LogP contribution in [-0.4, -0.2) is 18.7 Å². The van der Waals surface area contributed by atoms with E-state index in [9.17, 15) is 0 Å². The van der Waals surface area contributed by atoms with Crippen LogP contribution in [0, 0.1) is 6.92 Å². The fourth-order valence-electron chi connectivity index (χ4n) is 9.09. The van der Waals surface area contributed by atoms with Crippen LogP contribution < -0.4 is 0 Å². The van der Waals surface area contributed by atoms with Gasteiger partial charge in [0.1, 0.15) is 11.6 Å². The highest BCUT2D eigenvalue weighted by atomic mass is 15.1. The molecule has 7 aromatic carbocycles.